The Morgan fingerprint density at radius 2 is 1.78 bits per heavy atom. The molecule has 1 aliphatic rings. The van der Waals surface area contributed by atoms with Crippen molar-refractivity contribution in [2.24, 2.45) is 0 Å². The van der Waals surface area contributed by atoms with Gasteiger partial charge < -0.3 is 4.74 Å². The van der Waals surface area contributed by atoms with Crippen LogP contribution in [0.4, 0.5) is 0 Å². The maximum Gasteiger partial charge on any atom is 0.225 e. The summed E-state index contributed by atoms with van der Waals surface area (Å²) in [7, 11) is 0. The minimum absolute atomic E-state index is 0.723. The average Bonchev–Trinajstić information content (AvgIpc) is 2.42. The number of fused-ring (bicyclic) bond motifs is 1. The molecule has 0 fully saturated rings. The van der Waals surface area contributed by atoms with Gasteiger partial charge in [0.1, 0.15) is 12.1 Å². The molecular formula is C14H13IN2O. The number of ether oxygens (including phenoxy) is 1. The van der Waals surface area contributed by atoms with Gasteiger partial charge in [0.05, 0.1) is 5.69 Å². The summed E-state index contributed by atoms with van der Waals surface area (Å²) in [5.74, 6) is 1.56. The SMILES string of the molecule is Ic1ccc(Oc2ncnc3c2CCCC3)cc1. The van der Waals surface area contributed by atoms with Gasteiger partial charge in [0.25, 0.3) is 0 Å². The van der Waals surface area contributed by atoms with E-state index < -0.39 is 0 Å². The van der Waals surface area contributed by atoms with E-state index in [1.165, 1.54) is 22.0 Å². The fraction of sp³-hybridized carbons (Fsp3) is 0.286. The molecule has 0 atom stereocenters. The minimum atomic E-state index is 0.723. The highest BCUT2D eigenvalue weighted by atomic mass is 127. The zero-order valence-electron chi connectivity index (χ0n) is 9.90. The van der Waals surface area contributed by atoms with Gasteiger partial charge in [-0.05, 0) is 72.5 Å². The predicted octanol–water partition coefficient (Wildman–Crippen LogP) is 3.75. The minimum Gasteiger partial charge on any atom is -0.439 e. The van der Waals surface area contributed by atoms with Crippen molar-refractivity contribution < 1.29 is 4.74 Å². The van der Waals surface area contributed by atoms with E-state index in [1.807, 2.05) is 24.3 Å². The molecule has 2 aromatic rings. The van der Waals surface area contributed by atoms with Crippen molar-refractivity contribution >= 4 is 22.6 Å². The third-order valence-electron chi connectivity index (χ3n) is 3.11. The van der Waals surface area contributed by atoms with Crippen LogP contribution in [0.15, 0.2) is 30.6 Å². The van der Waals surface area contributed by atoms with Crippen LogP contribution in [0, 0.1) is 3.57 Å². The van der Waals surface area contributed by atoms with Crippen LogP contribution in [0.5, 0.6) is 11.6 Å². The van der Waals surface area contributed by atoms with E-state index >= 15 is 0 Å². The van der Waals surface area contributed by atoms with Gasteiger partial charge in [0.15, 0.2) is 0 Å². The molecule has 0 saturated carbocycles. The average molecular weight is 352 g/mol. The van der Waals surface area contributed by atoms with Crippen LogP contribution in [0.3, 0.4) is 0 Å². The highest BCUT2D eigenvalue weighted by Crippen LogP contribution is 2.29. The normalized spacial score (nSPS) is 14.1. The number of benzene rings is 1. The quantitative estimate of drug-likeness (QED) is 0.773. The molecule has 1 aromatic carbocycles. The molecule has 3 rings (SSSR count). The van der Waals surface area contributed by atoms with Crippen LogP contribution in [0.25, 0.3) is 0 Å². The van der Waals surface area contributed by atoms with Gasteiger partial charge in [0, 0.05) is 9.13 Å². The molecule has 3 nitrogen and oxygen atoms in total. The van der Waals surface area contributed by atoms with Gasteiger partial charge in [-0.25, -0.2) is 9.97 Å². The number of aromatic nitrogens is 2. The Morgan fingerprint density at radius 3 is 2.61 bits per heavy atom. The van der Waals surface area contributed by atoms with Gasteiger partial charge >= 0.3 is 0 Å². The van der Waals surface area contributed by atoms with Crippen molar-refractivity contribution in [3.8, 4) is 11.6 Å². The zero-order valence-corrected chi connectivity index (χ0v) is 12.1. The smallest absolute Gasteiger partial charge is 0.225 e. The number of rotatable bonds is 2. The fourth-order valence-electron chi connectivity index (χ4n) is 2.19. The first-order valence-electron chi connectivity index (χ1n) is 6.09. The molecule has 0 saturated heterocycles. The molecule has 18 heavy (non-hydrogen) atoms. The van der Waals surface area contributed by atoms with Crippen molar-refractivity contribution in [2.45, 2.75) is 25.7 Å². The maximum atomic E-state index is 5.88. The molecule has 0 bridgehead atoms. The summed E-state index contributed by atoms with van der Waals surface area (Å²) in [5, 5.41) is 0. The van der Waals surface area contributed by atoms with Crippen LogP contribution in [-0.4, -0.2) is 9.97 Å². The summed E-state index contributed by atoms with van der Waals surface area (Å²) in [6, 6.07) is 8.01. The van der Waals surface area contributed by atoms with Crippen LogP contribution < -0.4 is 4.74 Å². The summed E-state index contributed by atoms with van der Waals surface area (Å²) < 4.78 is 7.08. The number of aryl methyl sites for hydroxylation is 1. The highest BCUT2D eigenvalue weighted by Gasteiger charge is 2.16. The Hall–Kier alpha value is -1.17. The number of halogens is 1. The molecule has 0 radical (unpaired) electrons. The second kappa shape index (κ2) is 5.22. The van der Waals surface area contributed by atoms with Gasteiger partial charge in [0.2, 0.25) is 5.88 Å². The third kappa shape index (κ3) is 2.48. The van der Waals surface area contributed by atoms with E-state index in [1.54, 1.807) is 6.33 Å². The Kier molecular flexibility index (Phi) is 3.45. The standard InChI is InChI=1S/C14H13IN2O/c15-10-5-7-11(8-6-10)18-14-12-3-1-2-4-13(12)16-9-17-14/h5-9H,1-4H2. The van der Waals surface area contributed by atoms with Gasteiger partial charge in [-0.1, -0.05) is 0 Å². The maximum absolute atomic E-state index is 5.88. The number of hydrogen-bond donors (Lipinski definition) is 0. The monoisotopic (exact) mass is 352 g/mol. The predicted molar refractivity (Wildman–Crippen MR) is 77.9 cm³/mol. The largest absolute Gasteiger partial charge is 0.439 e. The molecule has 0 N–H and O–H groups in total. The lowest BCUT2D eigenvalue weighted by Crippen LogP contribution is -2.08. The van der Waals surface area contributed by atoms with Gasteiger partial charge in [-0.15, -0.1) is 0 Å². The Labute approximate surface area is 120 Å². The molecular weight excluding hydrogens is 339 g/mol. The fourth-order valence-corrected chi connectivity index (χ4v) is 2.55. The highest BCUT2D eigenvalue weighted by molar-refractivity contribution is 14.1. The summed E-state index contributed by atoms with van der Waals surface area (Å²) in [5.41, 5.74) is 2.33. The lowest BCUT2D eigenvalue weighted by atomic mass is 9.97. The molecule has 1 heterocycles. The zero-order chi connectivity index (χ0) is 12.4. The first-order chi connectivity index (χ1) is 8.83. The van der Waals surface area contributed by atoms with E-state index in [0.29, 0.717) is 0 Å². The summed E-state index contributed by atoms with van der Waals surface area (Å²) in [4.78, 5) is 8.62. The molecule has 1 aliphatic carbocycles. The van der Waals surface area contributed by atoms with Crippen LogP contribution >= 0.6 is 22.6 Å². The molecule has 0 spiro atoms. The number of nitrogens with zero attached hydrogens (tertiary/aromatic N) is 2. The Morgan fingerprint density at radius 1 is 1.00 bits per heavy atom. The Bertz CT molecular complexity index is 554. The summed E-state index contributed by atoms with van der Waals surface area (Å²) >= 11 is 2.28. The van der Waals surface area contributed by atoms with Crippen molar-refractivity contribution in [1.82, 2.24) is 9.97 Å². The molecule has 92 valence electrons. The molecule has 0 amide bonds. The van der Waals surface area contributed by atoms with E-state index in [9.17, 15) is 0 Å². The van der Waals surface area contributed by atoms with Gasteiger partial charge in [-0.3, -0.25) is 0 Å². The summed E-state index contributed by atoms with van der Waals surface area (Å²) in [6.07, 6.45) is 6.08. The van der Waals surface area contributed by atoms with Crippen LogP contribution in [-0.2, 0) is 12.8 Å². The van der Waals surface area contributed by atoms with E-state index in [2.05, 4.69) is 32.6 Å². The van der Waals surface area contributed by atoms with E-state index in [0.717, 1.165) is 30.2 Å². The first-order valence-corrected chi connectivity index (χ1v) is 7.17. The summed E-state index contributed by atoms with van der Waals surface area (Å²) in [6.45, 7) is 0. The van der Waals surface area contributed by atoms with Crippen molar-refractivity contribution in [3.05, 3.63) is 45.4 Å². The molecule has 4 heteroatoms. The molecule has 0 unspecified atom stereocenters. The number of hydrogen-bond acceptors (Lipinski definition) is 3. The van der Waals surface area contributed by atoms with Gasteiger partial charge in [-0.2, -0.15) is 0 Å². The Balaban J connectivity index is 1.90. The van der Waals surface area contributed by atoms with E-state index in [4.69, 9.17) is 4.74 Å². The topological polar surface area (TPSA) is 35.0 Å². The first kappa shape index (κ1) is 11.9. The second-order valence-electron chi connectivity index (χ2n) is 4.37. The van der Waals surface area contributed by atoms with Crippen molar-refractivity contribution in [1.29, 1.82) is 0 Å². The van der Waals surface area contributed by atoms with E-state index in [-0.39, 0.29) is 0 Å². The lowest BCUT2D eigenvalue weighted by Gasteiger charge is -2.17. The molecule has 0 aliphatic heterocycles. The van der Waals surface area contributed by atoms with Crippen molar-refractivity contribution in [3.63, 3.8) is 0 Å². The van der Waals surface area contributed by atoms with Crippen molar-refractivity contribution in [2.75, 3.05) is 0 Å². The third-order valence-corrected chi connectivity index (χ3v) is 3.83. The lowest BCUT2D eigenvalue weighted by molar-refractivity contribution is 0.447. The van der Waals surface area contributed by atoms with Crippen LogP contribution in [0.1, 0.15) is 24.1 Å². The molecule has 1 aromatic heterocycles. The van der Waals surface area contributed by atoms with Crippen LogP contribution in [0.2, 0.25) is 0 Å². The second-order valence-corrected chi connectivity index (χ2v) is 5.61.